The molecule has 0 radical (unpaired) electrons. The maximum atomic E-state index is 11.4. The Hall–Kier alpha value is -2.31. The Morgan fingerprint density at radius 1 is 1.42 bits per heavy atom. The second-order valence-corrected chi connectivity index (χ2v) is 3.79. The molecular formula is C12H16N2O5. The van der Waals surface area contributed by atoms with Crippen LogP contribution in [0, 0.1) is 0 Å². The summed E-state index contributed by atoms with van der Waals surface area (Å²) >= 11 is 0. The Morgan fingerprint density at radius 3 is 2.79 bits per heavy atom. The summed E-state index contributed by atoms with van der Waals surface area (Å²) in [6, 6.07) is 3.24. The van der Waals surface area contributed by atoms with Gasteiger partial charge < -0.3 is 19.5 Å². The fourth-order valence-corrected chi connectivity index (χ4v) is 1.18. The van der Waals surface area contributed by atoms with Crippen molar-refractivity contribution in [3.8, 4) is 11.6 Å². The van der Waals surface area contributed by atoms with Crippen LogP contribution in [0.1, 0.15) is 13.8 Å². The number of hydrogen-bond acceptors (Lipinski definition) is 6. The molecule has 0 saturated carbocycles. The lowest BCUT2D eigenvalue weighted by molar-refractivity contribution is -0.146. The van der Waals surface area contributed by atoms with Crippen LogP contribution in [0.3, 0.4) is 0 Å². The number of ether oxygens (including phenoxy) is 3. The smallest absolute Gasteiger partial charge is 0.414 e. The van der Waals surface area contributed by atoms with Crippen LogP contribution in [0.15, 0.2) is 18.3 Å². The Balaban J connectivity index is 2.45. The minimum Gasteiger partial charge on any atom is -0.491 e. The highest BCUT2D eigenvalue weighted by Crippen LogP contribution is 2.22. The van der Waals surface area contributed by atoms with Crippen LogP contribution in [0.2, 0.25) is 0 Å². The first-order valence-electron chi connectivity index (χ1n) is 5.67. The molecular weight excluding hydrogens is 252 g/mol. The van der Waals surface area contributed by atoms with Crippen LogP contribution in [0.4, 0.5) is 4.79 Å². The third-order valence-corrected chi connectivity index (χ3v) is 1.89. The summed E-state index contributed by atoms with van der Waals surface area (Å²) in [6.07, 6.45) is 0.414. The average Bonchev–Trinajstić information content (AvgIpc) is 2.36. The second kappa shape index (κ2) is 7.20. The van der Waals surface area contributed by atoms with Crippen molar-refractivity contribution >= 4 is 12.1 Å². The van der Waals surface area contributed by atoms with E-state index in [4.69, 9.17) is 14.2 Å². The molecule has 1 rings (SSSR count). The average molecular weight is 268 g/mol. The summed E-state index contributed by atoms with van der Waals surface area (Å²) in [5.74, 6) is -0.193. The Morgan fingerprint density at radius 2 is 2.16 bits per heavy atom. The quantitative estimate of drug-likeness (QED) is 0.805. The zero-order chi connectivity index (χ0) is 14.3. The van der Waals surface area contributed by atoms with Crippen molar-refractivity contribution in [2.45, 2.75) is 20.0 Å². The van der Waals surface area contributed by atoms with Gasteiger partial charge in [-0.15, -0.1) is 0 Å². The first-order chi connectivity index (χ1) is 9.02. The van der Waals surface area contributed by atoms with Crippen molar-refractivity contribution in [1.82, 2.24) is 10.3 Å². The number of aromatic nitrogens is 1. The van der Waals surface area contributed by atoms with Crippen LogP contribution < -0.4 is 14.8 Å². The third kappa shape index (κ3) is 5.24. The molecule has 1 heterocycles. The molecule has 0 bridgehead atoms. The molecule has 0 aliphatic carbocycles. The lowest BCUT2D eigenvalue weighted by atomic mass is 10.4. The van der Waals surface area contributed by atoms with E-state index in [1.165, 1.54) is 13.3 Å². The van der Waals surface area contributed by atoms with Crippen molar-refractivity contribution in [2.24, 2.45) is 0 Å². The maximum Gasteiger partial charge on any atom is 0.414 e. The molecule has 1 aromatic rings. The third-order valence-electron chi connectivity index (χ3n) is 1.89. The lowest BCUT2D eigenvalue weighted by Crippen LogP contribution is -2.33. The van der Waals surface area contributed by atoms with E-state index < -0.39 is 12.1 Å². The van der Waals surface area contributed by atoms with Crippen LogP contribution >= 0.6 is 0 Å². The number of esters is 1. The van der Waals surface area contributed by atoms with Gasteiger partial charge in [-0.25, -0.2) is 9.78 Å². The predicted molar refractivity (Wildman–Crippen MR) is 66.0 cm³/mol. The van der Waals surface area contributed by atoms with Crippen molar-refractivity contribution in [2.75, 3.05) is 13.7 Å². The van der Waals surface area contributed by atoms with Crippen LogP contribution in [0.5, 0.6) is 11.6 Å². The summed E-state index contributed by atoms with van der Waals surface area (Å²) in [6.45, 7) is 3.16. The Kier molecular flexibility index (Phi) is 5.59. The zero-order valence-corrected chi connectivity index (χ0v) is 11.0. The van der Waals surface area contributed by atoms with E-state index >= 15 is 0 Å². The highest BCUT2D eigenvalue weighted by Gasteiger charge is 2.12. The Labute approximate surface area is 110 Å². The highest BCUT2D eigenvalue weighted by molar-refractivity contribution is 5.79. The summed E-state index contributed by atoms with van der Waals surface area (Å²) < 4.78 is 14.7. The first kappa shape index (κ1) is 14.7. The number of pyridine rings is 1. The zero-order valence-electron chi connectivity index (χ0n) is 11.0. The van der Waals surface area contributed by atoms with Crippen molar-refractivity contribution in [3.63, 3.8) is 0 Å². The van der Waals surface area contributed by atoms with Gasteiger partial charge in [0.2, 0.25) is 0 Å². The van der Waals surface area contributed by atoms with Crippen molar-refractivity contribution in [1.29, 1.82) is 0 Å². The van der Waals surface area contributed by atoms with E-state index in [2.05, 4.69) is 10.3 Å². The first-order valence-corrected chi connectivity index (χ1v) is 5.67. The van der Waals surface area contributed by atoms with Gasteiger partial charge in [-0.05, 0) is 26.0 Å². The summed E-state index contributed by atoms with van der Waals surface area (Å²) in [5, 5.41) is 2.26. The van der Waals surface area contributed by atoms with Gasteiger partial charge in [0.15, 0.2) is 5.75 Å². The molecule has 0 aliphatic heterocycles. The van der Waals surface area contributed by atoms with Gasteiger partial charge >= 0.3 is 12.1 Å². The molecule has 1 aromatic heterocycles. The molecule has 0 unspecified atom stereocenters. The van der Waals surface area contributed by atoms with E-state index in [0.717, 1.165) is 0 Å². The minimum atomic E-state index is -0.808. The van der Waals surface area contributed by atoms with Gasteiger partial charge in [0, 0.05) is 6.20 Å². The van der Waals surface area contributed by atoms with Crippen LogP contribution in [-0.2, 0) is 9.53 Å². The van der Waals surface area contributed by atoms with Crippen LogP contribution in [0.25, 0.3) is 0 Å². The Bertz CT molecular complexity index is 448. The number of methoxy groups -OCH3 is 1. The van der Waals surface area contributed by atoms with Gasteiger partial charge in [0.05, 0.1) is 13.2 Å². The number of carbonyl (C=O) groups is 2. The largest absolute Gasteiger partial charge is 0.491 e. The summed E-state index contributed by atoms with van der Waals surface area (Å²) in [5.41, 5.74) is 0. The van der Waals surface area contributed by atoms with E-state index in [1.807, 2.05) is 0 Å². The minimum absolute atomic E-state index is 0.0275. The van der Waals surface area contributed by atoms with Gasteiger partial charge in [-0.1, -0.05) is 0 Å². The molecule has 1 amide bonds. The normalized spacial score (nSPS) is 9.89. The lowest BCUT2D eigenvalue weighted by Gasteiger charge is -2.10. The number of amides is 1. The standard InChI is InChI=1S/C12H16N2O5/c1-8(2)18-10(15)7-14-12(16)19-11-9(17-3)5-4-6-13-11/h4-6,8H,7H2,1-3H3,(H,14,16). The number of rotatable bonds is 5. The van der Waals surface area contributed by atoms with E-state index in [0.29, 0.717) is 5.75 Å². The van der Waals surface area contributed by atoms with Gasteiger partial charge in [-0.3, -0.25) is 4.79 Å². The molecule has 1 N–H and O–H groups in total. The molecule has 0 aromatic carbocycles. The van der Waals surface area contributed by atoms with E-state index in [1.54, 1.807) is 26.0 Å². The molecule has 0 fully saturated rings. The molecule has 0 saturated heterocycles. The maximum absolute atomic E-state index is 11.4. The monoisotopic (exact) mass is 268 g/mol. The number of hydrogen-bond donors (Lipinski definition) is 1. The predicted octanol–water partition coefficient (Wildman–Crippen LogP) is 1.13. The van der Waals surface area contributed by atoms with Gasteiger partial charge in [0.1, 0.15) is 6.54 Å². The fraction of sp³-hybridized carbons (Fsp3) is 0.417. The summed E-state index contributed by atoms with van der Waals surface area (Å²) in [4.78, 5) is 26.5. The topological polar surface area (TPSA) is 86.8 Å². The van der Waals surface area contributed by atoms with E-state index in [9.17, 15) is 9.59 Å². The molecule has 0 spiro atoms. The number of nitrogens with one attached hydrogen (secondary N) is 1. The second-order valence-electron chi connectivity index (χ2n) is 3.79. The molecule has 0 aliphatic rings. The molecule has 7 heteroatoms. The van der Waals surface area contributed by atoms with Crippen LogP contribution in [-0.4, -0.2) is 36.8 Å². The van der Waals surface area contributed by atoms with Gasteiger partial charge in [-0.2, -0.15) is 0 Å². The summed E-state index contributed by atoms with van der Waals surface area (Å²) in [7, 11) is 1.43. The van der Waals surface area contributed by atoms with Gasteiger partial charge in [0.25, 0.3) is 5.88 Å². The van der Waals surface area contributed by atoms with Crippen molar-refractivity contribution in [3.05, 3.63) is 18.3 Å². The fourth-order valence-electron chi connectivity index (χ4n) is 1.18. The number of nitrogens with zero attached hydrogens (tertiary/aromatic N) is 1. The molecule has 104 valence electrons. The van der Waals surface area contributed by atoms with E-state index in [-0.39, 0.29) is 18.5 Å². The SMILES string of the molecule is COc1cccnc1OC(=O)NCC(=O)OC(C)C. The highest BCUT2D eigenvalue weighted by atomic mass is 16.6. The number of carbonyl (C=O) groups excluding carboxylic acids is 2. The van der Waals surface area contributed by atoms with Crippen molar-refractivity contribution < 1.29 is 23.8 Å². The molecule has 19 heavy (non-hydrogen) atoms. The molecule has 0 atom stereocenters. The molecule has 7 nitrogen and oxygen atoms in total.